The Bertz CT molecular complexity index is 532. The summed E-state index contributed by atoms with van der Waals surface area (Å²) in [5, 5.41) is 0. The predicted molar refractivity (Wildman–Crippen MR) is 85.7 cm³/mol. The van der Waals surface area contributed by atoms with Gasteiger partial charge in [-0.2, -0.15) is 0 Å². The zero-order chi connectivity index (χ0) is 17.8. The van der Waals surface area contributed by atoms with E-state index >= 15 is 0 Å². The van der Waals surface area contributed by atoms with E-state index in [2.05, 4.69) is 0 Å². The smallest absolute Gasteiger partial charge is 0.187 e. The number of ketones is 1. The molecule has 0 aromatic rings. The fourth-order valence-corrected chi connectivity index (χ4v) is 4.11. The van der Waals surface area contributed by atoms with Crippen molar-refractivity contribution in [2.75, 3.05) is 6.61 Å². The van der Waals surface area contributed by atoms with Gasteiger partial charge in [-0.25, -0.2) is 0 Å². The molecule has 7 nitrogen and oxygen atoms in total. The van der Waals surface area contributed by atoms with Crippen molar-refractivity contribution in [2.45, 2.75) is 102 Å². The third-order valence-corrected chi connectivity index (χ3v) is 5.24. The summed E-state index contributed by atoms with van der Waals surface area (Å²) >= 11 is 0. The van der Waals surface area contributed by atoms with Crippen LogP contribution in [0.3, 0.4) is 0 Å². The Morgan fingerprint density at radius 1 is 0.960 bits per heavy atom. The van der Waals surface area contributed by atoms with Crippen LogP contribution in [0, 0.1) is 0 Å². The molecule has 3 aliphatic heterocycles. The van der Waals surface area contributed by atoms with E-state index in [1.807, 2.05) is 27.7 Å². The van der Waals surface area contributed by atoms with E-state index in [-0.39, 0.29) is 24.1 Å². The Morgan fingerprint density at radius 2 is 1.68 bits per heavy atom. The number of hydrogen-bond donors (Lipinski definition) is 0. The summed E-state index contributed by atoms with van der Waals surface area (Å²) in [4.78, 5) is 12.2. The lowest BCUT2D eigenvalue weighted by Crippen LogP contribution is -2.64. The Balaban J connectivity index is 1.54. The highest BCUT2D eigenvalue weighted by atomic mass is 16.8. The molecule has 4 aliphatic rings. The lowest BCUT2D eigenvalue weighted by Gasteiger charge is -2.48. The average Bonchev–Trinajstić information content (AvgIpc) is 2.86. The molecule has 3 saturated heterocycles. The minimum absolute atomic E-state index is 0.143. The molecular formula is C18H28O7. The normalized spacial score (nSPS) is 45.7. The zero-order valence-electron chi connectivity index (χ0n) is 15.4. The van der Waals surface area contributed by atoms with Crippen molar-refractivity contribution < 1.29 is 33.2 Å². The Hall–Kier alpha value is -0.570. The first-order valence-electron chi connectivity index (χ1n) is 9.25. The van der Waals surface area contributed by atoms with Crippen molar-refractivity contribution in [1.29, 1.82) is 0 Å². The summed E-state index contributed by atoms with van der Waals surface area (Å²) in [7, 11) is 0. The van der Waals surface area contributed by atoms with Gasteiger partial charge in [-0.1, -0.05) is 0 Å². The number of Topliss-reactive ketones (excluding diaryl/α,β-unsaturated/α-hetero) is 1. The molecule has 0 spiro atoms. The molecule has 0 amide bonds. The van der Waals surface area contributed by atoms with Crippen molar-refractivity contribution in [2.24, 2.45) is 0 Å². The molecular weight excluding hydrogens is 328 g/mol. The molecule has 4 rings (SSSR count). The van der Waals surface area contributed by atoms with Gasteiger partial charge in [0.25, 0.3) is 0 Å². The molecule has 2 unspecified atom stereocenters. The van der Waals surface area contributed by atoms with Crippen LogP contribution in [0.2, 0.25) is 0 Å². The van der Waals surface area contributed by atoms with E-state index in [0.29, 0.717) is 13.0 Å². The fourth-order valence-electron chi connectivity index (χ4n) is 4.11. The van der Waals surface area contributed by atoms with Gasteiger partial charge in [-0.15, -0.1) is 0 Å². The van der Waals surface area contributed by atoms with Crippen LogP contribution in [-0.2, 0) is 33.2 Å². The minimum Gasteiger partial charge on any atom is -0.348 e. The van der Waals surface area contributed by atoms with E-state index in [1.165, 1.54) is 0 Å². The van der Waals surface area contributed by atoms with E-state index in [9.17, 15) is 4.79 Å². The number of ether oxygens (including phenoxy) is 6. The van der Waals surface area contributed by atoms with Crippen LogP contribution in [0.1, 0.15) is 53.4 Å². The van der Waals surface area contributed by atoms with Crippen molar-refractivity contribution in [3.8, 4) is 0 Å². The molecule has 1 aliphatic carbocycles. The third kappa shape index (κ3) is 3.50. The minimum atomic E-state index is -0.752. The van der Waals surface area contributed by atoms with Crippen LogP contribution in [0.25, 0.3) is 0 Å². The molecule has 0 aromatic carbocycles. The van der Waals surface area contributed by atoms with Gasteiger partial charge >= 0.3 is 0 Å². The van der Waals surface area contributed by atoms with Crippen molar-refractivity contribution >= 4 is 5.78 Å². The summed E-state index contributed by atoms with van der Waals surface area (Å²) in [6, 6.07) is 0. The first kappa shape index (κ1) is 17.8. The zero-order valence-corrected chi connectivity index (χ0v) is 15.4. The molecule has 3 heterocycles. The number of rotatable bonds is 2. The monoisotopic (exact) mass is 356 g/mol. The second-order valence-electron chi connectivity index (χ2n) is 8.24. The van der Waals surface area contributed by atoms with Crippen LogP contribution < -0.4 is 0 Å². The van der Waals surface area contributed by atoms with Gasteiger partial charge in [0.2, 0.25) is 0 Å². The van der Waals surface area contributed by atoms with Crippen LogP contribution in [0.4, 0.5) is 0 Å². The molecule has 25 heavy (non-hydrogen) atoms. The van der Waals surface area contributed by atoms with Crippen LogP contribution in [0.15, 0.2) is 0 Å². The molecule has 0 radical (unpaired) electrons. The summed E-state index contributed by atoms with van der Waals surface area (Å²) < 4.78 is 36.1. The molecule has 4 fully saturated rings. The topological polar surface area (TPSA) is 72.5 Å². The summed E-state index contributed by atoms with van der Waals surface area (Å²) in [6.45, 7) is 7.88. The van der Waals surface area contributed by atoms with Gasteiger partial charge < -0.3 is 28.4 Å². The van der Waals surface area contributed by atoms with Gasteiger partial charge in [-0.05, 0) is 47.0 Å². The number of hydrogen-bond acceptors (Lipinski definition) is 7. The molecule has 7 heteroatoms. The highest BCUT2D eigenvalue weighted by Gasteiger charge is 2.59. The van der Waals surface area contributed by atoms with Gasteiger partial charge in [0.15, 0.2) is 23.6 Å². The first-order valence-corrected chi connectivity index (χ1v) is 9.25. The van der Waals surface area contributed by atoms with Gasteiger partial charge in [0, 0.05) is 6.42 Å². The van der Waals surface area contributed by atoms with Crippen LogP contribution in [0.5, 0.6) is 0 Å². The van der Waals surface area contributed by atoms with Crippen molar-refractivity contribution in [3.05, 3.63) is 0 Å². The number of carbonyl (C=O) groups is 1. The Kier molecular flexibility index (Phi) is 4.46. The van der Waals surface area contributed by atoms with Gasteiger partial charge in [0.05, 0.1) is 6.61 Å². The Labute approximate surface area is 148 Å². The number of fused-ring (bicyclic) bond motifs is 3. The van der Waals surface area contributed by atoms with E-state index < -0.39 is 30.1 Å². The quantitative estimate of drug-likeness (QED) is 0.748. The lowest BCUT2D eigenvalue weighted by atomic mass is 9.95. The van der Waals surface area contributed by atoms with Crippen LogP contribution >= 0.6 is 0 Å². The highest BCUT2D eigenvalue weighted by Crippen LogP contribution is 2.42. The lowest BCUT2D eigenvalue weighted by molar-refractivity contribution is -0.373. The summed E-state index contributed by atoms with van der Waals surface area (Å²) in [6.07, 6.45) is 0.790. The summed E-state index contributed by atoms with van der Waals surface area (Å²) in [5.41, 5.74) is 0. The maximum atomic E-state index is 12.2. The summed E-state index contributed by atoms with van der Waals surface area (Å²) in [5.74, 6) is -1.31. The highest BCUT2D eigenvalue weighted by molar-refractivity contribution is 5.83. The largest absolute Gasteiger partial charge is 0.348 e. The third-order valence-electron chi connectivity index (χ3n) is 5.24. The maximum Gasteiger partial charge on any atom is 0.187 e. The maximum absolute atomic E-state index is 12.2. The van der Waals surface area contributed by atoms with Gasteiger partial charge in [-0.3, -0.25) is 4.79 Å². The van der Waals surface area contributed by atoms with E-state index in [1.54, 1.807) is 0 Å². The molecule has 142 valence electrons. The van der Waals surface area contributed by atoms with Crippen LogP contribution in [-0.4, -0.2) is 60.8 Å². The SMILES string of the molecule is CC1(C)OC[C@H]2OC(OC3CCCCC3=O)[C@H]3OC(C)(C)O[C@H]3[C@@H]2O1. The molecule has 0 aromatic heterocycles. The molecule has 1 saturated carbocycles. The molecule has 0 bridgehead atoms. The van der Waals surface area contributed by atoms with Crippen molar-refractivity contribution in [3.63, 3.8) is 0 Å². The second kappa shape index (κ2) is 6.25. The van der Waals surface area contributed by atoms with Crippen molar-refractivity contribution in [1.82, 2.24) is 0 Å². The fraction of sp³-hybridized carbons (Fsp3) is 0.944. The second-order valence-corrected chi connectivity index (χ2v) is 8.24. The first-order chi connectivity index (χ1) is 11.7. The molecule has 0 N–H and O–H groups in total. The standard InChI is InChI=1S/C18H28O7/c1-17(2)20-9-12-13(23-17)14-15(25-18(3,4)24-14)16(22-12)21-11-8-6-5-7-10(11)19/h11-16H,5-9H2,1-4H3/t11?,12-,13-,14+,15+,16?/m1/s1. The van der Waals surface area contributed by atoms with E-state index in [0.717, 1.165) is 19.3 Å². The van der Waals surface area contributed by atoms with E-state index in [4.69, 9.17) is 28.4 Å². The average molecular weight is 356 g/mol. The Morgan fingerprint density at radius 3 is 2.44 bits per heavy atom. The number of carbonyl (C=O) groups excluding carboxylic acids is 1. The molecule has 6 atom stereocenters. The predicted octanol–water partition coefficient (Wildman–Crippen LogP) is 1.91. The van der Waals surface area contributed by atoms with Gasteiger partial charge in [0.1, 0.15) is 30.5 Å².